The third kappa shape index (κ3) is 2.25. The van der Waals surface area contributed by atoms with E-state index in [1.54, 1.807) is 11.6 Å². The first-order chi connectivity index (χ1) is 7.77. The van der Waals surface area contributed by atoms with Crippen LogP contribution < -0.4 is 37.8 Å². The number of hydrogen-bond acceptors (Lipinski definition) is 11. The molecule has 17 heavy (non-hydrogen) atoms. The Labute approximate surface area is 104 Å². The van der Waals surface area contributed by atoms with Crippen molar-refractivity contribution in [1.82, 2.24) is 9.53 Å². The number of hydrogen-bond donors (Lipinski definition) is 6. The van der Waals surface area contributed by atoms with Crippen LogP contribution in [0.25, 0.3) is 0 Å². The van der Waals surface area contributed by atoms with E-state index in [0.29, 0.717) is 5.13 Å². The second-order valence-corrected chi connectivity index (χ2v) is 10.6. The number of nitrogens with zero attached hydrogens (tertiary/aromatic N) is 4. The number of anilines is 1. The normalized spacial score (nSPS) is 27.9. The van der Waals surface area contributed by atoms with Crippen LogP contribution in [0.3, 0.4) is 0 Å². The van der Waals surface area contributed by atoms with E-state index in [1.165, 1.54) is 15.8 Å². The summed E-state index contributed by atoms with van der Waals surface area (Å²) in [5.41, 5.74) is 29.8. The van der Waals surface area contributed by atoms with E-state index in [2.05, 4.69) is 9.50 Å². The van der Waals surface area contributed by atoms with Crippen LogP contribution in [0.15, 0.2) is 16.1 Å². The Morgan fingerprint density at radius 3 is 2.59 bits per heavy atom. The summed E-state index contributed by atoms with van der Waals surface area (Å²) in [7, 11) is -7.33. The fourth-order valence-electron chi connectivity index (χ4n) is 1.28. The Kier molecular flexibility index (Phi) is 3.55. The molecule has 0 saturated carbocycles. The summed E-state index contributed by atoms with van der Waals surface area (Å²) < 4.78 is 6.69. The minimum atomic E-state index is -2.90. The van der Waals surface area contributed by atoms with Crippen LogP contribution in [0.5, 0.6) is 0 Å². The molecule has 2 heterocycles. The number of aromatic nitrogens is 1. The van der Waals surface area contributed by atoms with E-state index in [9.17, 15) is 0 Å². The van der Waals surface area contributed by atoms with E-state index < -0.39 is 23.7 Å². The van der Waals surface area contributed by atoms with Gasteiger partial charge in [-0.25, -0.2) is 10.8 Å². The van der Waals surface area contributed by atoms with Gasteiger partial charge in [-0.15, -0.1) is 15.8 Å². The molecule has 0 fully saturated rings. The molecular weight excluding hydrogens is 301 g/mol. The number of nitrogens with two attached hydrogens (primary N) is 6. The van der Waals surface area contributed by atoms with Gasteiger partial charge in [0.15, 0.2) is 0 Å². The topological polar surface area (TPSA) is 188 Å². The number of rotatable bonds is 1. The molecule has 1 aromatic rings. The molecule has 1 unspecified atom stereocenters. The van der Waals surface area contributed by atoms with Crippen molar-refractivity contribution in [3.63, 3.8) is 0 Å². The summed E-state index contributed by atoms with van der Waals surface area (Å²) in [6.07, 6.45) is 1.60. The highest BCUT2D eigenvalue weighted by atomic mass is 32.1. The summed E-state index contributed by atoms with van der Waals surface area (Å²) in [5, 5.41) is 2.26. The van der Waals surface area contributed by atoms with Crippen LogP contribution in [0.2, 0.25) is 0 Å². The molecule has 0 spiro atoms. The van der Waals surface area contributed by atoms with Crippen molar-refractivity contribution in [2.75, 3.05) is 4.44 Å². The van der Waals surface area contributed by atoms with Crippen LogP contribution >= 0.6 is 35.1 Å². The molecule has 10 nitrogen and oxygen atoms in total. The lowest BCUT2D eigenvalue weighted by atomic mass is 11.0. The Morgan fingerprint density at radius 2 is 2.06 bits per heavy atom. The predicted molar refractivity (Wildman–Crippen MR) is 74.7 cm³/mol. The van der Waals surface area contributed by atoms with Gasteiger partial charge in [0.2, 0.25) is 21.0 Å². The lowest BCUT2D eigenvalue weighted by molar-refractivity contribution is 0.736. The first-order valence-corrected chi connectivity index (χ1v) is 10.1. The van der Waals surface area contributed by atoms with Crippen molar-refractivity contribution >= 4 is 40.2 Å². The molecule has 1 atom stereocenters. The first kappa shape index (κ1) is 13.7. The second-order valence-electron chi connectivity index (χ2n) is 3.24. The molecule has 0 radical (unpaired) electrons. The maximum absolute atomic E-state index is 6.05. The molecule has 0 amide bonds. The molecule has 0 aromatic carbocycles. The molecule has 1 aromatic heterocycles. The van der Waals surface area contributed by atoms with Crippen LogP contribution in [-0.2, 0) is 0 Å². The summed E-state index contributed by atoms with van der Waals surface area (Å²) in [4.78, 5) is 4.09. The minimum absolute atomic E-state index is 0.504. The average Bonchev–Trinajstić information content (AvgIpc) is 2.66. The van der Waals surface area contributed by atoms with Crippen molar-refractivity contribution < 1.29 is 0 Å². The minimum Gasteiger partial charge on any atom is -0.275 e. The van der Waals surface area contributed by atoms with Gasteiger partial charge in [0.25, 0.3) is 0 Å². The van der Waals surface area contributed by atoms with Gasteiger partial charge in [-0.05, 0) is 4.55 Å². The maximum atomic E-state index is 6.05. The molecule has 0 aliphatic carbocycles. The van der Waals surface area contributed by atoms with Crippen molar-refractivity contribution in [2.45, 2.75) is 0 Å². The van der Waals surface area contributed by atoms with Gasteiger partial charge in [0, 0.05) is 11.6 Å². The van der Waals surface area contributed by atoms with E-state index >= 15 is 0 Å². The monoisotopic (exact) mass is 315 g/mol. The lowest BCUT2D eigenvalue weighted by Crippen LogP contribution is -2.49. The smallest absolute Gasteiger partial charge is 0.275 e. The molecule has 2 rings (SSSR count). The largest absolute Gasteiger partial charge is 0.351 e. The Bertz CT molecular complexity index is 451. The fourth-order valence-corrected chi connectivity index (χ4v) is 9.78. The zero-order valence-corrected chi connectivity index (χ0v) is 12.2. The Hall–Kier alpha value is 0.240. The third-order valence-corrected chi connectivity index (χ3v) is 10.7. The summed E-state index contributed by atoms with van der Waals surface area (Å²) in [5.74, 6) is 5.76. The average molecular weight is 315 g/mol. The molecular formula is C3H14N10P3S+. The van der Waals surface area contributed by atoms with Gasteiger partial charge < -0.3 is 0 Å². The summed E-state index contributed by atoms with van der Waals surface area (Å²) in [6, 6.07) is 0. The maximum Gasteiger partial charge on any atom is 0.351 e. The van der Waals surface area contributed by atoms with Gasteiger partial charge in [-0.3, -0.25) is 16.5 Å². The predicted octanol–water partition coefficient (Wildman–Crippen LogP) is -0.217. The molecule has 14 heteroatoms. The van der Waals surface area contributed by atoms with Gasteiger partial charge >= 0.3 is 7.87 Å². The number of hydrazine groups is 1. The van der Waals surface area contributed by atoms with Crippen molar-refractivity contribution in [2.24, 2.45) is 37.9 Å². The first-order valence-electron chi connectivity index (χ1n) is 4.23. The van der Waals surface area contributed by atoms with Crippen molar-refractivity contribution in [3.05, 3.63) is 11.6 Å². The summed E-state index contributed by atoms with van der Waals surface area (Å²) in [6.45, 7) is 0. The van der Waals surface area contributed by atoms with Crippen LogP contribution in [0.4, 0.5) is 5.13 Å². The molecule has 96 valence electrons. The molecule has 0 bridgehead atoms. The highest BCUT2D eigenvalue weighted by Gasteiger charge is 2.57. The van der Waals surface area contributed by atoms with Gasteiger partial charge in [-0.1, -0.05) is 0 Å². The zero-order chi connectivity index (χ0) is 12.8. The van der Waals surface area contributed by atoms with Crippen molar-refractivity contribution in [3.8, 4) is 0 Å². The van der Waals surface area contributed by atoms with Crippen LogP contribution in [0.1, 0.15) is 0 Å². The molecule has 0 saturated heterocycles. The molecule has 1 aliphatic rings. The van der Waals surface area contributed by atoms with Gasteiger partial charge in [0.05, 0.1) is 0 Å². The highest BCUT2D eigenvalue weighted by molar-refractivity contribution is 7.93. The summed E-state index contributed by atoms with van der Waals surface area (Å²) >= 11 is 1.31. The van der Waals surface area contributed by atoms with Crippen LogP contribution in [0, 0.1) is 0 Å². The lowest BCUT2D eigenvalue weighted by Gasteiger charge is -2.41. The Balaban J connectivity index is 2.58. The fraction of sp³-hybridized carbons (Fsp3) is 0. The Morgan fingerprint density at radius 1 is 1.41 bits per heavy atom. The van der Waals surface area contributed by atoms with E-state index in [1.807, 2.05) is 0 Å². The quantitative estimate of drug-likeness (QED) is 0.300. The SMILES string of the molecule is NN1P(N)N=P(N)(N)N(c2nccs2)[P+]1(N)N. The second kappa shape index (κ2) is 4.41. The standard InChI is InChI=1S/C3H14N10P3S/c4-13-14(5)11-15(6,7)12(16(13,8)9)3-10-1-2-17-3/h1-2H,4-9H2/q+1. The molecule has 12 N–H and O–H groups in total. The number of thiazole rings is 1. The highest BCUT2D eigenvalue weighted by Crippen LogP contribution is 2.73. The third-order valence-electron chi connectivity index (χ3n) is 1.97. The van der Waals surface area contributed by atoms with E-state index in [4.69, 9.17) is 33.4 Å². The van der Waals surface area contributed by atoms with Crippen LogP contribution in [-0.4, -0.2) is 9.53 Å². The van der Waals surface area contributed by atoms with E-state index in [-0.39, 0.29) is 0 Å². The van der Waals surface area contributed by atoms with Gasteiger partial charge in [0.1, 0.15) is 0 Å². The molecule has 1 aliphatic heterocycles. The zero-order valence-electron chi connectivity index (χ0n) is 8.66. The van der Waals surface area contributed by atoms with Crippen molar-refractivity contribution in [1.29, 1.82) is 0 Å². The van der Waals surface area contributed by atoms with Gasteiger partial charge in [-0.2, -0.15) is 15.5 Å². The van der Waals surface area contributed by atoms with E-state index in [0.717, 1.165) is 4.55 Å².